The molecule has 2 nitrogen and oxygen atoms in total. The summed E-state index contributed by atoms with van der Waals surface area (Å²) in [7, 11) is 0. The predicted octanol–water partition coefficient (Wildman–Crippen LogP) is 7.97. The molecule has 0 N–H and O–H groups in total. The highest BCUT2D eigenvalue weighted by atomic mass is 14.9. The molecule has 1 aliphatic carbocycles. The maximum Gasteiger partial charge on any atom is 0.0822 e. The van der Waals surface area contributed by atoms with Crippen LogP contribution in [-0.2, 0) is 0 Å². The van der Waals surface area contributed by atoms with Gasteiger partial charge in [-0.3, -0.25) is 4.98 Å². The monoisotopic (exact) mass is 402 g/mol. The van der Waals surface area contributed by atoms with E-state index >= 15 is 0 Å². The zero-order valence-electron chi connectivity index (χ0n) is 18.4. The highest BCUT2D eigenvalue weighted by molar-refractivity contribution is 6.28. The van der Waals surface area contributed by atoms with Gasteiger partial charge in [-0.25, -0.2) is 0 Å². The van der Waals surface area contributed by atoms with Crippen molar-refractivity contribution in [2.75, 3.05) is 0 Å². The Kier molecular flexibility index (Phi) is 3.38. The molecule has 0 atom stereocenters. The number of hydrogen-bond donors (Lipinski definition) is 0. The van der Waals surface area contributed by atoms with Crippen molar-refractivity contribution in [2.45, 2.75) is 52.4 Å². The molecule has 2 heteroatoms. The van der Waals surface area contributed by atoms with E-state index in [0.717, 1.165) is 5.52 Å². The first-order valence-electron chi connectivity index (χ1n) is 11.6. The van der Waals surface area contributed by atoms with E-state index in [-0.39, 0.29) is 0 Å². The van der Waals surface area contributed by atoms with Crippen LogP contribution in [0.4, 0.5) is 0 Å². The number of rotatable bonds is 1. The summed E-state index contributed by atoms with van der Waals surface area (Å²) < 4.78 is 2.56. The molecule has 0 unspecified atom stereocenters. The third-order valence-electron chi connectivity index (χ3n) is 7.66. The Morgan fingerprint density at radius 2 is 1.61 bits per heavy atom. The second kappa shape index (κ2) is 5.97. The van der Waals surface area contributed by atoms with E-state index in [2.05, 4.69) is 67.6 Å². The SMILES string of the molecule is Cc1ccc2c(c1)c1c(C3CCCC3)cc3ccnc4c5cc(C)cc(C)c5n2c1c34. The fraction of sp³-hybridized carbons (Fsp3) is 0.276. The minimum absolute atomic E-state index is 0.668. The Bertz CT molecular complexity index is 1660. The van der Waals surface area contributed by atoms with Gasteiger partial charge in [0.05, 0.1) is 22.1 Å². The van der Waals surface area contributed by atoms with Crippen LogP contribution in [0.5, 0.6) is 0 Å². The van der Waals surface area contributed by atoms with Gasteiger partial charge in [-0.05, 0) is 86.4 Å². The maximum absolute atomic E-state index is 4.95. The molecule has 0 radical (unpaired) electrons. The molecule has 7 rings (SSSR count). The number of nitrogens with zero attached hydrogens (tertiary/aromatic N) is 2. The molecule has 6 aromatic rings. The highest BCUT2D eigenvalue weighted by Gasteiger charge is 2.26. The standard InChI is InChI=1S/C29H26N2/c1-16-8-9-24-22(13-16)26-21(19-6-4-5-7-19)15-20-10-11-30-27-23-14-17(2)12-18(3)28(23)31(24)29(26)25(20)27/h8-15,19H,4-7H2,1-3H3. The second-order valence-electron chi connectivity index (χ2n) is 9.76. The average Bonchev–Trinajstić information content (AvgIpc) is 3.39. The van der Waals surface area contributed by atoms with Gasteiger partial charge in [0.2, 0.25) is 0 Å². The molecule has 0 spiro atoms. The molecular formula is C29H26N2. The molecule has 0 amide bonds. The van der Waals surface area contributed by atoms with Crippen LogP contribution in [0.25, 0.3) is 49.0 Å². The largest absolute Gasteiger partial charge is 0.308 e. The van der Waals surface area contributed by atoms with Gasteiger partial charge in [-0.15, -0.1) is 0 Å². The van der Waals surface area contributed by atoms with E-state index in [1.54, 1.807) is 5.56 Å². The molecule has 0 bridgehead atoms. The minimum Gasteiger partial charge on any atom is -0.308 e. The zero-order chi connectivity index (χ0) is 20.9. The molecule has 0 aliphatic heterocycles. The Morgan fingerprint density at radius 1 is 0.806 bits per heavy atom. The number of aryl methyl sites for hydroxylation is 3. The summed E-state index contributed by atoms with van der Waals surface area (Å²) in [6.07, 6.45) is 7.33. The van der Waals surface area contributed by atoms with Gasteiger partial charge in [0.1, 0.15) is 0 Å². The first kappa shape index (κ1) is 17.5. The number of fused-ring (bicyclic) bond motifs is 6. The number of hydrogen-bond acceptors (Lipinski definition) is 1. The van der Waals surface area contributed by atoms with Crippen LogP contribution in [0.3, 0.4) is 0 Å². The van der Waals surface area contributed by atoms with Crippen LogP contribution in [0.2, 0.25) is 0 Å². The smallest absolute Gasteiger partial charge is 0.0822 e. The molecular weight excluding hydrogens is 376 g/mol. The zero-order valence-corrected chi connectivity index (χ0v) is 18.4. The van der Waals surface area contributed by atoms with E-state index in [4.69, 9.17) is 4.98 Å². The van der Waals surface area contributed by atoms with E-state index in [9.17, 15) is 0 Å². The summed E-state index contributed by atoms with van der Waals surface area (Å²) in [4.78, 5) is 4.95. The Labute approximate surface area is 181 Å². The topological polar surface area (TPSA) is 17.3 Å². The van der Waals surface area contributed by atoms with Crippen LogP contribution >= 0.6 is 0 Å². The van der Waals surface area contributed by atoms with E-state index in [1.807, 2.05) is 6.20 Å². The third kappa shape index (κ3) is 2.20. The molecule has 3 aromatic carbocycles. The lowest BCUT2D eigenvalue weighted by molar-refractivity contribution is 0.731. The molecule has 3 aromatic heterocycles. The maximum atomic E-state index is 4.95. The quantitative estimate of drug-likeness (QED) is 0.201. The van der Waals surface area contributed by atoms with Crippen molar-refractivity contribution in [1.82, 2.24) is 9.38 Å². The molecule has 152 valence electrons. The summed E-state index contributed by atoms with van der Waals surface area (Å²) in [5.41, 5.74) is 10.7. The Hall–Kier alpha value is -3.13. The number of pyridine rings is 2. The van der Waals surface area contributed by atoms with Crippen LogP contribution in [0.15, 0.2) is 48.7 Å². The van der Waals surface area contributed by atoms with Gasteiger partial charge < -0.3 is 4.40 Å². The van der Waals surface area contributed by atoms with Crippen molar-refractivity contribution in [3.63, 3.8) is 0 Å². The summed E-state index contributed by atoms with van der Waals surface area (Å²) in [5.74, 6) is 0.668. The van der Waals surface area contributed by atoms with Gasteiger partial charge in [0.15, 0.2) is 0 Å². The first-order valence-corrected chi connectivity index (χ1v) is 11.6. The summed E-state index contributed by atoms with van der Waals surface area (Å²) in [5, 5.41) is 6.80. The van der Waals surface area contributed by atoms with Crippen LogP contribution in [0.1, 0.15) is 53.9 Å². The van der Waals surface area contributed by atoms with Crippen molar-refractivity contribution >= 4 is 49.0 Å². The molecule has 1 saturated carbocycles. The predicted molar refractivity (Wildman–Crippen MR) is 132 cm³/mol. The lowest BCUT2D eigenvalue weighted by Gasteiger charge is -2.18. The minimum atomic E-state index is 0.668. The second-order valence-corrected chi connectivity index (χ2v) is 9.76. The molecule has 1 fully saturated rings. The van der Waals surface area contributed by atoms with Crippen LogP contribution < -0.4 is 0 Å². The normalized spacial score (nSPS) is 15.6. The number of benzene rings is 3. The van der Waals surface area contributed by atoms with Crippen molar-refractivity contribution in [1.29, 1.82) is 0 Å². The molecule has 31 heavy (non-hydrogen) atoms. The summed E-state index contributed by atoms with van der Waals surface area (Å²) in [6.45, 7) is 6.66. The number of aromatic nitrogens is 2. The van der Waals surface area contributed by atoms with Crippen molar-refractivity contribution in [2.24, 2.45) is 0 Å². The molecule has 0 saturated heterocycles. The fourth-order valence-corrected chi connectivity index (χ4v) is 6.45. The van der Waals surface area contributed by atoms with Crippen molar-refractivity contribution in [3.8, 4) is 0 Å². The Balaban J connectivity index is 1.87. The lowest BCUT2D eigenvalue weighted by Crippen LogP contribution is -1.99. The summed E-state index contributed by atoms with van der Waals surface area (Å²) >= 11 is 0. The third-order valence-corrected chi connectivity index (χ3v) is 7.66. The average molecular weight is 403 g/mol. The molecule has 1 aliphatic rings. The Morgan fingerprint density at radius 3 is 2.45 bits per heavy atom. The first-order chi connectivity index (χ1) is 15.1. The fourth-order valence-electron chi connectivity index (χ4n) is 6.45. The van der Waals surface area contributed by atoms with Crippen LogP contribution in [0, 0.1) is 20.8 Å². The van der Waals surface area contributed by atoms with E-state index < -0.39 is 0 Å². The van der Waals surface area contributed by atoms with Crippen molar-refractivity contribution < 1.29 is 0 Å². The van der Waals surface area contributed by atoms with Crippen LogP contribution in [-0.4, -0.2) is 9.38 Å². The van der Waals surface area contributed by atoms with Gasteiger partial charge in [0.25, 0.3) is 0 Å². The van der Waals surface area contributed by atoms with E-state index in [1.165, 1.54) is 85.9 Å². The summed E-state index contributed by atoms with van der Waals surface area (Å²) in [6, 6.07) is 16.4. The van der Waals surface area contributed by atoms with Gasteiger partial charge in [-0.1, -0.05) is 36.1 Å². The van der Waals surface area contributed by atoms with Gasteiger partial charge in [0, 0.05) is 27.7 Å². The highest BCUT2D eigenvalue weighted by Crippen LogP contribution is 2.47. The molecule has 3 heterocycles. The van der Waals surface area contributed by atoms with E-state index in [0.29, 0.717) is 5.92 Å². The lowest BCUT2D eigenvalue weighted by atomic mass is 9.89. The van der Waals surface area contributed by atoms with Gasteiger partial charge >= 0.3 is 0 Å². The van der Waals surface area contributed by atoms with Crippen molar-refractivity contribution in [3.05, 3.63) is 70.9 Å². The van der Waals surface area contributed by atoms with Gasteiger partial charge in [-0.2, -0.15) is 0 Å².